The zero-order chi connectivity index (χ0) is 55.7. The summed E-state index contributed by atoms with van der Waals surface area (Å²) in [5.41, 5.74) is 0. The molecule has 0 aliphatic heterocycles. The molecule has 0 N–H and O–H groups in total. The van der Waals surface area contributed by atoms with Gasteiger partial charge in [-0.2, -0.15) is 0 Å². The van der Waals surface area contributed by atoms with Crippen molar-refractivity contribution in [2.45, 2.75) is 335 Å². The molecule has 0 bridgehead atoms. The molecule has 0 fully saturated rings. The van der Waals surface area contributed by atoms with E-state index >= 15 is 0 Å². The molecule has 0 spiro atoms. The Labute approximate surface area is 477 Å². The van der Waals surface area contributed by atoms with Gasteiger partial charge in [-0.05, 0) is 116 Å². The third kappa shape index (κ3) is 63.3. The summed E-state index contributed by atoms with van der Waals surface area (Å²) in [4.78, 5) is 38.4. The van der Waals surface area contributed by atoms with Crippen LogP contribution < -0.4 is 0 Å². The zero-order valence-electron chi connectivity index (χ0n) is 51.0. The summed E-state index contributed by atoms with van der Waals surface area (Å²) >= 11 is 0. The molecule has 0 aromatic rings. The number of hydrogen-bond donors (Lipinski definition) is 0. The molecule has 0 aliphatic rings. The van der Waals surface area contributed by atoms with E-state index in [1.54, 1.807) is 0 Å². The number of ether oxygens (including phenoxy) is 3. The Morgan fingerprint density at radius 3 is 0.818 bits per heavy atom. The Kier molecular flexibility index (Phi) is 62.2. The number of esters is 3. The largest absolute Gasteiger partial charge is 0.462 e. The van der Waals surface area contributed by atoms with Crippen LogP contribution in [0, 0.1) is 0 Å². The van der Waals surface area contributed by atoms with Crippen LogP contribution in [0.3, 0.4) is 0 Å². The average Bonchev–Trinajstić information content (AvgIpc) is 3.43. The van der Waals surface area contributed by atoms with Gasteiger partial charge in [-0.1, -0.05) is 279 Å². The SMILES string of the molecule is CC/C=C\C/C=C\C/C=C\C/C=C\CCCCCCCCCCCCC(=O)OCC(COC(=O)CCCCCCC/C=C\CCCCCC)OC(=O)CCCCCCCCCCCCC/C=C\C/C=C\CCCCCCC. The molecule has 0 saturated carbocycles. The van der Waals surface area contributed by atoms with Crippen molar-refractivity contribution >= 4 is 17.9 Å². The minimum absolute atomic E-state index is 0.0806. The summed E-state index contributed by atoms with van der Waals surface area (Å²) in [6.45, 7) is 6.53. The molecule has 0 aliphatic carbocycles. The van der Waals surface area contributed by atoms with Crippen LogP contribution in [-0.4, -0.2) is 37.2 Å². The van der Waals surface area contributed by atoms with Gasteiger partial charge < -0.3 is 14.2 Å². The highest BCUT2D eigenvalue weighted by Crippen LogP contribution is 2.16. The van der Waals surface area contributed by atoms with E-state index in [1.807, 2.05) is 0 Å². The molecule has 0 radical (unpaired) electrons. The first-order chi connectivity index (χ1) is 38.0. The van der Waals surface area contributed by atoms with Gasteiger partial charge in [0.2, 0.25) is 0 Å². The summed E-state index contributed by atoms with van der Waals surface area (Å²) in [6.07, 6.45) is 85.9. The van der Waals surface area contributed by atoms with Crippen LogP contribution in [0.2, 0.25) is 0 Å². The molecule has 0 amide bonds. The lowest BCUT2D eigenvalue weighted by atomic mass is 10.0. The summed E-state index contributed by atoms with van der Waals surface area (Å²) in [7, 11) is 0. The van der Waals surface area contributed by atoms with E-state index in [0.717, 1.165) is 96.3 Å². The van der Waals surface area contributed by atoms with Gasteiger partial charge in [0.25, 0.3) is 0 Å². The monoisotopic (exact) mass is 1070 g/mol. The maximum atomic E-state index is 12.9. The Morgan fingerprint density at radius 1 is 0.273 bits per heavy atom. The fourth-order valence-corrected chi connectivity index (χ4v) is 9.40. The molecule has 1 unspecified atom stereocenters. The lowest BCUT2D eigenvalue weighted by Gasteiger charge is -2.18. The van der Waals surface area contributed by atoms with E-state index in [9.17, 15) is 14.4 Å². The normalized spacial score (nSPS) is 12.6. The zero-order valence-corrected chi connectivity index (χ0v) is 51.0. The van der Waals surface area contributed by atoms with Gasteiger partial charge in [0.1, 0.15) is 13.2 Å². The molecule has 6 heteroatoms. The quantitative estimate of drug-likeness (QED) is 0.0261. The first-order valence-electron chi connectivity index (χ1n) is 33.1. The van der Waals surface area contributed by atoms with E-state index in [1.165, 1.54) is 193 Å². The standard InChI is InChI=1S/C71H124O6/c1-4-7-10-13-16-19-22-25-27-29-31-33-35-37-39-41-43-46-49-52-55-58-61-64-70(73)76-67-68(66-75-69(72)63-60-57-54-51-48-45-24-21-18-15-12-9-6-3)77-71(74)65-62-59-56-53-50-47-44-42-40-38-36-34-32-30-28-26-23-20-17-14-11-8-5-2/h7,10,16,19,21,23-27,30-33,68H,4-6,8-9,11-15,17-18,20,22,28-29,34-67H2,1-3H3/b10-7-,19-16-,24-21-,26-23-,27-25-,32-30-,33-31-. The maximum Gasteiger partial charge on any atom is 0.306 e. The highest BCUT2D eigenvalue weighted by atomic mass is 16.6. The Balaban J connectivity index is 4.32. The van der Waals surface area contributed by atoms with Gasteiger partial charge in [-0.3, -0.25) is 14.4 Å². The number of allylic oxidation sites excluding steroid dienone is 14. The number of unbranched alkanes of at least 4 members (excludes halogenated alkanes) is 35. The van der Waals surface area contributed by atoms with Crippen LogP contribution in [0.15, 0.2) is 85.1 Å². The fraction of sp³-hybridized carbons (Fsp3) is 0.761. The molecule has 0 aromatic carbocycles. The average molecular weight is 1070 g/mol. The molecule has 1 atom stereocenters. The Morgan fingerprint density at radius 2 is 0.506 bits per heavy atom. The number of rotatable bonds is 60. The molecule has 444 valence electrons. The lowest BCUT2D eigenvalue weighted by molar-refractivity contribution is -0.167. The topological polar surface area (TPSA) is 78.9 Å². The first-order valence-corrected chi connectivity index (χ1v) is 33.1. The molecule has 0 rings (SSSR count). The second-order valence-electron chi connectivity index (χ2n) is 22.0. The molecule has 0 aromatic heterocycles. The van der Waals surface area contributed by atoms with E-state index in [-0.39, 0.29) is 31.1 Å². The number of carbonyl (C=O) groups excluding carboxylic acids is 3. The third-order valence-electron chi connectivity index (χ3n) is 14.4. The van der Waals surface area contributed by atoms with Crippen LogP contribution in [0.1, 0.15) is 329 Å². The van der Waals surface area contributed by atoms with Crippen LogP contribution in [0.25, 0.3) is 0 Å². The van der Waals surface area contributed by atoms with Crippen molar-refractivity contribution in [2.24, 2.45) is 0 Å². The summed E-state index contributed by atoms with van der Waals surface area (Å²) < 4.78 is 16.9. The van der Waals surface area contributed by atoms with Crippen LogP contribution in [0.4, 0.5) is 0 Å². The summed E-state index contributed by atoms with van der Waals surface area (Å²) in [5.74, 6) is -0.882. The van der Waals surface area contributed by atoms with Crippen LogP contribution in [-0.2, 0) is 28.6 Å². The molecule has 0 saturated heterocycles. The molecular weight excluding hydrogens is 949 g/mol. The van der Waals surface area contributed by atoms with Crippen molar-refractivity contribution in [3.8, 4) is 0 Å². The van der Waals surface area contributed by atoms with Crippen molar-refractivity contribution < 1.29 is 28.6 Å². The van der Waals surface area contributed by atoms with E-state index in [2.05, 4.69) is 106 Å². The minimum atomic E-state index is -0.784. The van der Waals surface area contributed by atoms with E-state index in [4.69, 9.17) is 14.2 Å². The first kappa shape index (κ1) is 73.6. The van der Waals surface area contributed by atoms with Crippen LogP contribution in [0.5, 0.6) is 0 Å². The van der Waals surface area contributed by atoms with Crippen molar-refractivity contribution in [2.75, 3.05) is 13.2 Å². The molecule has 0 heterocycles. The van der Waals surface area contributed by atoms with E-state index in [0.29, 0.717) is 19.3 Å². The van der Waals surface area contributed by atoms with Crippen LogP contribution >= 0.6 is 0 Å². The summed E-state index contributed by atoms with van der Waals surface area (Å²) in [5, 5.41) is 0. The Bertz CT molecular complexity index is 1470. The smallest absolute Gasteiger partial charge is 0.306 e. The van der Waals surface area contributed by atoms with Crippen molar-refractivity contribution in [1.29, 1.82) is 0 Å². The Hall–Kier alpha value is -3.41. The van der Waals surface area contributed by atoms with Gasteiger partial charge in [-0.15, -0.1) is 0 Å². The number of hydrogen-bond acceptors (Lipinski definition) is 6. The predicted molar refractivity (Wildman–Crippen MR) is 334 cm³/mol. The predicted octanol–water partition coefficient (Wildman–Crippen LogP) is 22.7. The van der Waals surface area contributed by atoms with Gasteiger partial charge in [-0.25, -0.2) is 0 Å². The highest BCUT2D eigenvalue weighted by Gasteiger charge is 2.19. The third-order valence-corrected chi connectivity index (χ3v) is 14.4. The fourth-order valence-electron chi connectivity index (χ4n) is 9.40. The maximum absolute atomic E-state index is 12.9. The van der Waals surface area contributed by atoms with Gasteiger partial charge >= 0.3 is 17.9 Å². The van der Waals surface area contributed by atoms with Gasteiger partial charge in [0, 0.05) is 19.3 Å². The van der Waals surface area contributed by atoms with Crippen molar-refractivity contribution in [1.82, 2.24) is 0 Å². The van der Waals surface area contributed by atoms with Gasteiger partial charge in [0.15, 0.2) is 6.10 Å². The van der Waals surface area contributed by atoms with E-state index < -0.39 is 6.10 Å². The second-order valence-corrected chi connectivity index (χ2v) is 22.0. The van der Waals surface area contributed by atoms with Gasteiger partial charge in [0.05, 0.1) is 0 Å². The second kappa shape index (κ2) is 65.1. The highest BCUT2D eigenvalue weighted by molar-refractivity contribution is 5.71. The minimum Gasteiger partial charge on any atom is -0.462 e. The molecule has 77 heavy (non-hydrogen) atoms. The lowest BCUT2D eigenvalue weighted by Crippen LogP contribution is -2.30. The van der Waals surface area contributed by atoms with Crippen molar-refractivity contribution in [3.63, 3.8) is 0 Å². The summed E-state index contributed by atoms with van der Waals surface area (Å²) in [6, 6.07) is 0. The number of carbonyl (C=O) groups is 3. The molecular formula is C71H124O6. The molecule has 6 nitrogen and oxygen atoms in total. The van der Waals surface area contributed by atoms with Crippen molar-refractivity contribution in [3.05, 3.63) is 85.1 Å².